The Hall–Kier alpha value is -3.02. The van der Waals surface area contributed by atoms with E-state index in [0.29, 0.717) is 30.6 Å². The van der Waals surface area contributed by atoms with E-state index < -0.39 is 0 Å². The minimum absolute atomic E-state index is 0.0987. The van der Waals surface area contributed by atoms with Crippen molar-refractivity contribution in [3.8, 4) is 11.5 Å². The van der Waals surface area contributed by atoms with Crippen molar-refractivity contribution in [2.24, 2.45) is 11.8 Å². The lowest BCUT2D eigenvalue weighted by molar-refractivity contribution is -0.131. The Bertz CT molecular complexity index is 946. The maximum Gasteiger partial charge on any atom is 0.253 e. The van der Waals surface area contributed by atoms with E-state index in [1.807, 2.05) is 58.3 Å². The van der Waals surface area contributed by atoms with Gasteiger partial charge in [-0.1, -0.05) is 30.3 Å². The molecule has 2 atom stereocenters. The molecule has 6 heteroatoms. The summed E-state index contributed by atoms with van der Waals surface area (Å²) in [6, 6.07) is 15.3. The van der Waals surface area contributed by atoms with Gasteiger partial charge in [0.25, 0.3) is 5.91 Å². The molecule has 2 aliphatic heterocycles. The van der Waals surface area contributed by atoms with Gasteiger partial charge >= 0.3 is 0 Å². The van der Waals surface area contributed by atoms with Crippen LogP contribution in [0.25, 0.3) is 0 Å². The lowest BCUT2D eigenvalue weighted by Crippen LogP contribution is -2.43. The molecule has 0 unspecified atom stereocenters. The van der Waals surface area contributed by atoms with Crippen LogP contribution in [0.4, 0.5) is 0 Å². The summed E-state index contributed by atoms with van der Waals surface area (Å²) in [7, 11) is 3.28. The van der Waals surface area contributed by atoms with Gasteiger partial charge in [-0.2, -0.15) is 0 Å². The fourth-order valence-corrected chi connectivity index (χ4v) is 5.07. The third-order valence-electron chi connectivity index (χ3n) is 6.89. The predicted molar refractivity (Wildman–Crippen MR) is 123 cm³/mol. The normalized spacial score (nSPS) is 21.0. The summed E-state index contributed by atoms with van der Waals surface area (Å²) in [6.45, 7) is 2.86. The van der Waals surface area contributed by atoms with Gasteiger partial charge in [-0.3, -0.25) is 9.59 Å². The van der Waals surface area contributed by atoms with Crippen LogP contribution < -0.4 is 9.47 Å². The number of para-hydroxylation sites is 1. The van der Waals surface area contributed by atoms with Gasteiger partial charge in [0.15, 0.2) is 11.5 Å². The summed E-state index contributed by atoms with van der Waals surface area (Å²) in [5.41, 5.74) is 1.78. The molecule has 170 valence electrons. The Balaban J connectivity index is 1.38. The zero-order valence-corrected chi connectivity index (χ0v) is 19.0. The Kier molecular flexibility index (Phi) is 6.98. The largest absolute Gasteiger partial charge is 0.493 e. The van der Waals surface area contributed by atoms with Gasteiger partial charge in [0.2, 0.25) is 5.91 Å². The van der Waals surface area contributed by atoms with E-state index in [-0.39, 0.29) is 11.8 Å². The Morgan fingerprint density at radius 1 is 0.969 bits per heavy atom. The number of hydrogen-bond acceptors (Lipinski definition) is 4. The highest BCUT2D eigenvalue weighted by Gasteiger charge is 2.36. The number of nitrogens with zero attached hydrogens (tertiary/aromatic N) is 2. The van der Waals surface area contributed by atoms with E-state index in [2.05, 4.69) is 0 Å². The summed E-state index contributed by atoms with van der Waals surface area (Å²) >= 11 is 0. The Morgan fingerprint density at radius 3 is 2.50 bits per heavy atom. The third-order valence-corrected chi connectivity index (χ3v) is 6.89. The van der Waals surface area contributed by atoms with E-state index in [9.17, 15) is 9.59 Å². The van der Waals surface area contributed by atoms with Crippen LogP contribution in [0, 0.1) is 11.8 Å². The molecule has 2 aliphatic rings. The number of carbonyl (C=O) groups excluding carboxylic acids is 2. The second kappa shape index (κ2) is 10.1. The minimum Gasteiger partial charge on any atom is -0.493 e. The zero-order chi connectivity index (χ0) is 22.5. The number of piperidine rings is 1. The summed E-state index contributed by atoms with van der Waals surface area (Å²) in [6.07, 6.45) is 3.13. The smallest absolute Gasteiger partial charge is 0.253 e. The number of fused-ring (bicyclic) bond motifs is 1. The molecule has 0 saturated carbocycles. The van der Waals surface area contributed by atoms with Crippen molar-refractivity contribution in [1.29, 1.82) is 0 Å². The quantitative estimate of drug-likeness (QED) is 0.694. The molecule has 0 spiro atoms. The number of amides is 2. The summed E-state index contributed by atoms with van der Waals surface area (Å²) < 4.78 is 10.9. The van der Waals surface area contributed by atoms with Crippen LogP contribution in [0.5, 0.6) is 11.5 Å². The van der Waals surface area contributed by atoms with E-state index in [1.54, 1.807) is 14.2 Å². The second-order valence-electron chi connectivity index (χ2n) is 8.70. The van der Waals surface area contributed by atoms with Crippen LogP contribution in [0.2, 0.25) is 0 Å². The molecular weight excluding hydrogens is 404 g/mol. The number of hydrogen-bond donors (Lipinski definition) is 0. The second-order valence-corrected chi connectivity index (χ2v) is 8.70. The molecule has 2 saturated heterocycles. The van der Waals surface area contributed by atoms with E-state index >= 15 is 0 Å². The fourth-order valence-electron chi connectivity index (χ4n) is 5.07. The first-order valence-corrected chi connectivity index (χ1v) is 11.4. The standard InChI is InChI=1S/C26H32N2O4/c1-31-23-10-6-9-19(25(23)32-2)11-14-27-15-13-22-18-28(16-12-21(22)17-24(27)29)26(30)20-7-4-3-5-8-20/h3-10,21-22H,11-18H2,1-2H3/t21-,22-/m0/s1. The first-order chi connectivity index (χ1) is 15.6. The molecule has 0 N–H and O–H groups in total. The summed E-state index contributed by atoms with van der Waals surface area (Å²) in [5, 5.41) is 0. The number of carbonyl (C=O) groups is 2. The summed E-state index contributed by atoms with van der Waals surface area (Å²) in [4.78, 5) is 29.8. The monoisotopic (exact) mass is 436 g/mol. The van der Waals surface area contributed by atoms with Gasteiger partial charge in [0.05, 0.1) is 14.2 Å². The van der Waals surface area contributed by atoms with Crippen molar-refractivity contribution in [2.45, 2.75) is 25.7 Å². The molecule has 2 aromatic carbocycles. The van der Waals surface area contributed by atoms with Crippen molar-refractivity contribution in [1.82, 2.24) is 9.80 Å². The molecule has 2 amide bonds. The fraction of sp³-hybridized carbons (Fsp3) is 0.462. The van der Waals surface area contributed by atoms with Crippen LogP contribution in [-0.4, -0.2) is 62.0 Å². The summed E-state index contributed by atoms with van der Waals surface area (Å²) in [5.74, 6) is 2.50. The van der Waals surface area contributed by atoms with Crippen LogP contribution in [0.3, 0.4) is 0 Å². The molecule has 2 fully saturated rings. The average molecular weight is 437 g/mol. The molecule has 0 aliphatic carbocycles. The van der Waals surface area contributed by atoms with E-state index in [0.717, 1.165) is 55.8 Å². The SMILES string of the molecule is COc1cccc(CCN2CC[C@H]3CN(C(=O)c4ccccc4)CC[C@H]3CC2=O)c1OC. The average Bonchev–Trinajstić information content (AvgIpc) is 2.99. The highest BCUT2D eigenvalue weighted by Crippen LogP contribution is 2.34. The van der Waals surface area contributed by atoms with Gasteiger partial charge in [0.1, 0.15) is 0 Å². The number of rotatable bonds is 6. The van der Waals surface area contributed by atoms with Crippen molar-refractivity contribution in [3.63, 3.8) is 0 Å². The lowest BCUT2D eigenvalue weighted by atomic mass is 9.82. The first kappa shape index (κ1) is 22.2. The molecule has 0 aromatic heterocycles. The Labute approximate surface area is 190 Å². The van der Waals surface area contributed by atoms with Gasteiger partial charge in [-0.15, -0.1) is 0 Å². The molecule has 0 bridgehead atoms. The first-order valence-electron chi connectivity index (χ1n) is 11.4. The van der Waals surface area contributed by atoms with Crippen LogP contribution in [0.15, 0.2) is 48.5 Å². The van der Waals surface area contributed by atoms with Gasteiger partial charge in [-0.25, -0.2) is 0 Å². The van der Waals surface area contributed by atoms with Crippen LogP contribution in [0.1, 0.15) is 35.2 Å². The number of ether oxygens (including phenoxy) is 2. The number of benzene rings is 2. The van der Waals surface area contributed by atoms with Crippen molar-refractivity contribution < 1.29 is 19.1 Å². The van der Waals surface area contributed by atoms with Crippen LogP contribution in [-0.2, 0) is 11.2 Å². The molecule has 2 heterocycles. The molecule has 2 aromatic rings. The minimum atomic E-state index is 0.0987. The van der Waals surface area contributed by atoms with Crippen LogP contribution >= 0.6 is 0 Å². The maximum atomic E-state index is 13.0. The number of likely N-dealkylation sites (tertiary alicyclic amines) is 2. The van der Waals surface area contributed by atoms with E-state index in [1.165, 1.54) is 0 Å². The maximum absolute atomic E-state index is 13.0. The van der Waals surface area contributed by atoms with Gasteiger partial charge in [0, 0.05) is 38.2 Å². The Morgan fingerprint density at radius 2 is 1.75 bits per heavy atom. The lowest BCUT2D eigenvalue weighted by Gasteiger charge is -2.37. The van der Waals surface area contributed by atoms with Crippen molar-refractivity contribution in [2.75, 3.05) is 40.4 Å². The molecule has 4 rings (SSSR count). The van der Waals surface area contributed by atoms with Crippen molar-refractivity contribution in [3.05, 3.63) is 59.7 Å². The molecular formula is C26H32N2O4. The molecule has 0 radical (unpaired) electrons. The highest BCUT2D eigenvalue weighted by atomic mass is 16.5. The molecule has 32 heavy (non-hydrogen) atoms. The van der Waals surface area contributed by atoms with Crippen molar-refractivity contribution >= 4 is 11.8 Å². The topological polar surface area (TPSA) is 59.1 Å². The number of methoxy groups -OCH3 is 2. The van der Waals surface area contributed by atoms with Gasteiger partial charge < -0.3 is 19.3 Å². The highest BCUT2D eigenvalue weighted by molar-refractivity contribution is 5.94. The van der Waals surface area contributed by atoms with E-state index in [4.69, 9.17) is 9.47 Å². The predicted octanol–water partition coefficient (Wildman–Crippen LogP) is 3.65. The van der Waals surface area contributed by atoms with Gasteiger partial charge in [-0.05, 0) is 54.9 Å². The third kappa shape index (κ3) is 4.74. The molecule has 6 nitrogen and oxygen atoms in total. The zero-order valence-electron chi connectivity index (χ0n) is 19.0.